The molecule has 1 atom stereocenters. The number of benzene rings is 1. The van der Waals surface area contributed by atoms with Crippen LogP contribution in [-0.2, 0) is 0 Å². The molecule has 94 valence electrons. The fraction of sp³-hybridized carbons (Fsp3) is 0.417. The molecule has 0 saturated carbocycles. The van der Waals surface area contributed by atoms with Crippen LogP contribution in [0.2, 0.25) is 0 Å². The highest BCUT2D eigenvalue weighted by Gasteiger charge is 2.17. The molecule has 1 aromatic carbocycles. The van der Waals surface area contributed by atoms with Gasteiger partial charge in [-0.25, -0.2) is 4.39 Å². The Hall–Kier alpha value is -0.940. The molecule has 0 aliphatic heterocycles. The van der Waals surface area contributed by atoms with Gasteiger partial charge in [0, 0.05) is 17.1 Å². The maximum Gasteiger partial charge on any atom is 0.255 e. The summed E-state index contributed by atoms with van der Waals surface area (Å²) >= 11 is 3.17. The number of nitrogens with one attached hydrogen (secondary N) is 1. The van der Waals surface area contributed by atoms with E-state index in [-0.39, 0.29) is 11.6 Å². The van der Waals surface area contributed by atoms with Crippen molar-refractivity contribution in [2.75, 3.05) is 6.54 Å². The molecular formula is C12H16BrFN2O. The molecule has 0 heterocycles. The second-order valence-electron chi connectivity index (χ2n) is 3.79. The van der Waals surface area contributed by atoms with Crippen molar-refractivity contribution in [3.05, 3.63) is 34.1 Å². The van der Waals surface area contributed by atoms with Crippen molar-refractivity contribution in [1.29, 1.82) is 0 Å². The summed E-state index contributed by atoms with van der Waals surface area (Å²) in [6, 6.07) is 4.33. The van der Waals surface area contributed by atoms with Crippen LogP contribution in [0.15, 0.2) is 22.7 Å². The molecule has 0 aliphatic rings. The van der Waals surface area contributed by atoms with Crippen LogP contribution in [0.3, 0.4) is 0 Å². The second kappa shape index (κ2) is 6.71. The molecule has 3 N–H and O–H groups in total. The second-order valence-corrected chi connectivity index (χ2v) is 4.65. The van der Waals surface area contributed by atoms with E-state index < -0.39 is 11.7 Å². The van der Waals surface area contributed by atoms with Gasteiger partial charge < -0.3 is 11.1 Å². The molecular weight excluding hydrogens is 287 g/mol. The summed E-state index contributed by atoms with van der Waals surface area (Å²) in [6.45, 7) is 2.36. The zero-order valence-electron chi connectivity index (χ0n) is 9.67. The Morgan fingerprint density at radius 3 is 2.82 bits per heavy atom. The Kier molecular flexibility index (Phi) is 5.58. The van der Waals surface area contributed by atoms with Gasteiger partial charge in [0.2, 0.25) is 0 Å². The Labute approximate surface area is 109 Å². The van der Waals surface area contributed by atoms with E-state index in [1.807, 2.05) is 6.92 Å². The highest BCUT2D eigenvalue weighted by atomic mass is 79.9. The average molecular weight is 303 g/mol. The molecule has 0 fully saturated rings. The molecule has 1 amide bonds. The summed E-state index contributed by atoms with van der Waals surface area (Å²) < 4.78 is 14.0. The highest BCUT2D eigenvalue weighted by Crippen LogP contribution is 2.19. The van der Waals surface area contributed by atoms with Gasteiger partial charge >= 0.3 is 0 Å². The number of amides is 1. The third-order valence-corrected chi connectivity index (χ3v) is 3.11. The quantitative estimate of drug-likeness (QED) is 0.878. The zero-order valence-corrected chi connectivity index (χ0v) is 11.3. The summed E-state index contributed by atoms with van der Waals surface area (Å²) in [5.74, 6) is -0.969. The van der Waals surface area contributed by atoms with Gasteiger partial charge in [-0.15, -0.1) is 0 Å². The molecule has 0 aliphatic carbocycles. The number of hydrogen-bond donors (Lipinski definition) is 2. The van der Waals surface area contributed by atoms with Gasteiger partial charge in [-0.2, -0.15) is 0 Å². The van der Waals surface area contributed by atoms with Crippen LogP contribution in [0.5, 0.6) is 0 Å². The van der Waals surface area contributed by atoms with Crippen molar-refractivity contribution in [1.82, 2.24) is 5.32 Å². The van der Waals surface area contributed by atoms with E-state index in [1.54, 1.807) is 12.1 Å². The minimum Gasteiger partial charge on any atom is -0.348 e. The van der Waals surface area contributed by atoms with E-state index in [2.05, 4.69) is 21.2 Å². The first kappa shape index (κ1) is 14.1. The van der Waals surface area contributed by atoms with Crippen molar-refractivity contribution < 1.29 is 9.18 Å². The molecule has 17 heavy (non-hydrogen) atoms. The number of carbonyl (C=O) groups excluding carboxylic acids is 1. The largest absolute Gasteiger partial charge is 0.348 e. The van der Waals surface area contributed by atoms with Crippen molar-refractivity contribution in [3.8, 4) is 0 Å². The fourth-order valence-corrected chi connectivity index (χ4v) is 2.09. The van der Waals surface area contributed by atoms with Crippen molar-refractivity contribution in [3.63, 3.8) is 0 Å². The maximum atomic E-state index is 13.5. The summed E-state index contributed by atoms with van der Waals surface area (Å²) in [6.07, 6.45) is 1.70. The minimum atomic E-state index is -0.538. The fourth-order valence-electron chi connectivity index (χ4n) is 1.57. The van der Waals surface area contributed by atoms with E-state index in [1.165, 1.54) is 6.07 Å². The van der Waals surface area contributed by atoms with Crippen LogP contribution in [0.25, 0.3) is 0 Å². The number of nitrogens with two attached hydrogens (primary N) is 1. The van der Waals surface area contributed by atoms with Crippen LogP contribution >= 0.6 is 15.9 Å². The molecule has 0 radical (unpaired) electrons. The lowest BCUT2D eigenvalue weighted by atomic mass is 10.1. The van der Waals surface area contributed by atoms with Crippen LogP contribution in [0.1, 0.15) is 30.1 Å². The SMILES string of the molecule is CCCC(CN)NC(=O)c1c(F)cccc1Br. The van der Waals surface area contributed by atoms with Crippen molar-refractivity contribution in [2.45, 2.75) is 25.8 Å². The van der Waals surface area contributed by atoms with E-state index >= 15 is 0 Å². The predicted octanol–water partition coefficient (Wildman–Crippen LogP) is 2.45. The predicted molar refractivity (Wildman–Crippen MR) is 69.3 cm³/mol. The molecule has 0 aromatic heterocycles. The minimum absolute atomic E-state index is 0.0297. The molecule has 5 heteroatoms. The molecule has 1 rings (SSSR count). The average Bonchev–Trinajstić information content (AvgIpc) is 2.28. The number of carbonyl (C=O) groups is 1. The first-order chi connectivity index (χ1) is 8.10. The van der Waals surface area contributed by atoms with Gasteiger partial charge in [0.1, 0.15) is 5.82 Å². The van der Waals surface area contributed by atoms with Crippen molar-refractivity contribution >= 4 is 21.8 Å². The molecule has 0 saturated heterocycles. The van der Waals surface area contributed by atoms with E-state index in [4.69, 9.17) is 5.73 Å². The van der Waals surface area contributed by atoms with E-state index in [0.29, 0.717) is 11.0 Å². The lowest BCUT2D eigenvalue weighted by Crippen LogP contribution is -2.40. The normalized spacial score (nSPS) is 12.2. The lowest BCUT2D eigenvalue weighted by molar-refractivity contribution is 0.0931. The van der Waals surface area contributed by atoms with Crippen LogP contribution in [-0.4, -0.2) is 18.5 Å². The van der Waals surface area contributed by atoms with Gasteiger partial charge in [-0.1, -0.05) is 19.4 Å². The number of hydrogen-bond acceptors (Lipinski definition) is 2. The van der Waals surface area contributed by atoms with Crippen LogP contribution < -0.4 is 11.1 Å². The number of rotatable bonds is 5. The third kappa shape index (κ3) is 3.78. The summed E-state index contributed by atoms with van der Waals surface area (Å²) in [5, 5.41) is 2.73. The first-order valence-electron chi connectivity index (χ1n) is 5.55. The first-order valence-corrected chi connectivity index (χ1v) is 6.34. The Morgan fingerprint density at radius 2 is 2.29 bits per heavy atom. The third-order valence-electron chi connectivity index (χ3n) is 2.45. The Balaban J connectivity index is 2.82. The highest BCUT2D eigenvalue weighted by molar-refractivity contribution is 9.10. The van der Waals surface area contributed by atoms with Crippen LogP contribution in [0, 0.1) is 5.82 Å². The molecule has 0 spiro atoms. The van der Waals surface area contributed by atoms with Gasteiger partial charge in [-0.3, -0.25) is 4.79 Å². The van der Waals surface area contributed by atoms with E-state index in [0.717, 1.165) is 12.8 Å². The zero-order chi connectivity index (χ0) is 12.8. The monoisotopic (exact) mass is 302 g/mol. The maximum absolute atomic E-state index is 13.5. The van der Waals surface area contributed by atoms with Crippen molar-refractivity contribution in [2.24, 2.45) is 5.73 Å². The summed E-state index contributed by atoms with van der Waals surface area (Å²) in [4.78, 5) is 11.9. The van der Waals surface area contributed by atoms with Gasteiger partial charge in [0.15, 0.2) is 0 Å². The van der Waals surface area contributed by atoms with E-state index in [9.17, 15) is 9.18 Å². The van der Waals surface area contributed by atoms with Gasteiger partial charge in [0.05, 0.1) is 5.56 Å². The summed E-state index contributed by atoms with van der Waals surface area (Å²) in [7, 11) is 0. The molecule has 0 bridgehead atoms. The Morgan fingerprint density at radius 1 is 1.59 bits per heavy atom. The summed E-state index contributed by atoms with van der Waals surface area (Å²) in [5.41, 5.74) is 5.57. The molecule has 1 unspecified atom stereocenters. The Bertz CT molecular complexity index is 378. The lowest BCUT2D eigenvalue weighted by Gasteiger charge is -2.16. The van der Waals surface area contributed by atoms with Gasteiger partial charge in [-0.05, 0) is 34.5 Å². The van der Waals surface area contributed by atoms with Crippen LogP contribution in [0.4, 0.5) is 4.39 Å². The number of halogens is 2. The smallest absolute Gasteiger partial charge is 0.255 e. The molecule has 3 nitrogen and oxygen atoms in total. The topological polar surface area (TPSA) is 55.1 Å². The van der Waals surface area contributed by atoms with Gasteiger partial charge in [0.25, 0.3) is 5.91 Å². The molecule has 1 aromatic rings. The standard InChI is InChI=1S/C12H16BrFN2O/c1-2-4-8(7-15)16-12(17)11-9(13)5-3-6-10(11)14/h3,5-6,8H,2,4,7,15H2,1H3,(H,16,17).